The van der Waals surface area contributed by atoms with Crippen LogP contribution >= 0.6 is 0 Å². The van der Waals surface area contributed by atoms with Crippen LogP contribution in [0.5, 0.6) is 0 Å². The molecule has 4 heteroatoms. The highest BCUT2D eigenvalue weighted by molar-refractivity contribution is 7.92. The summed E-state index contributed by atoms with van der Waals surface area (Å²) in [6.45, 7) is 0. The Morgan fingerprint density at radius 3 is 2.62 bits per heavy atom. The maximum Gasteiger partial charge on any atom is 0.155 e. The Balaban J connectivity index is 1.81. The van der Waals surface area contributed by atoms with Crippen LogP contribution < -0.4 is 0 Å². The minimum atomic E-state index is -3.14. The SMILES string of the molecule is O=S1(=O)CCCCC1C(O)Cc1ccc2ccccc2c1. The predicted molar refractivity (Wildman–Crippen MR) is 85.1 cm³/mol. The molecular weight excluding hydrogens is 284 g/mol. The molecule has 3 rings (SSSR count). The van der Waals surface area contributed by atoms with Gasteiger partial charge >= 0.3 is 0 Å². The molecule has 2 aromatic rings. The Kier molecular flexibility index (Phi) is 4.00. The summed E-state index contributed by atoms with van der Waals surface area (Å²) in [6, 6.07) is 14.1. The van der Waals surface area contributed by atoms with Gasteiger partial charge in [0.25, 0.3) is 0 Å². The van der Waals surface area contributed by atoms with Crippen molar-refractivity contribution in [3.8, 4) is 0 Å². The summed E-state index contributed by atoms with van der Waals surface area (Å²) in [5.74, 6) is 0.215. The molecule has 1 N–H and O–H groups in total. The van der Waals surface area contributed by atoms with Crippen LogP contribution in [-0.2, 0) is 16.3 Å². The van der Waals surface area contributed by atoms with Gasteiger partial charge in [0, 0.05) is 0 Å². The molecule has 1 aliphatic rings. The molecule has 112 valence electrons. The number of aliphatic hydroxyl groups excluding tert-OH is 1. The fourth-order valence-electron chi connectivity index (χ4n) is 3.15. The van der Waals surface area contributed by atoms with E-state index in [4.69, 9.17) is 0 Å². The third kappa shape index (κ3) is 3.11. The van der Waals surface area contributed by atoms with Gasteiger partial charge in [0.15, 0.2) is 9.84 Å². The number of benzene rings is 2. The molecule has 1 saturated heterocycles. The van der Waals surface area contributed by atoms with Crippen molar-refractivity contribution in [3.05, 3.63) is 48.0 Å². The quantitative estimate of drug-likeness (QED) is 0.948. The van der Waals surface area contributed by atoms with E-state index in [1.165, 1.54) is 0 Å². The van der Waals surface area contributed by atoms with E-state index in [1.807, 2.05) is 42.5 Å². The molecule has 0 aliphatic carbocycles. The fourth-order valence-corrected chi connectivity index (χ4v) is 5.16. The van der Waals surface area contributed by atoms with Crippen LogP contribution in [0.25, 0.3) is 10.8 Å². The lowest BCUT2D eigenvalue weighted by molar-refractivity contribution is 0.162. The second-order valence-electron chi connectivity index (χ2n) is 5.85. The maximum atomic E-state index is 12.1. The molecule has 1 fully saturated rings. The van der Waals surface area contributed by atoms with Crippen LogP contribution in [0, 0.1) is 0 Å². The topological polar surface area (TPSA) is 54.4 Å². The molecule has 0 amide bonds. The lowest BCUT2D eigenvalue weighted by Crippen LogP contribution is -2.39. The van der Waals surface area contributed by atoms with E-state index >= 15 is 0 Å². The Bertz CT molecular complexity index is 737. The van der Waals surface area contributed by atoms with E-state index in [-0.39, 0.29) is 5.75 Å². The zero-order valence-corrected chi connectivity index (χ0v) is 12.7. The van der Waals surface area contributed by atoms with Crippen LogP contribution in [0.4, 0.5) is 0 Å². The van der Waals surface area contributed by atoms with Gasteiger partial charge in [-0.15, -0.1) is 0 Å². The van der Waals surface area contributed by atoms with Crippen molar-refractivity contribution in [2.45, 2.75) is 37.0 Å². The molecule has 0 bridgehead atoms. The summed E-state index contributed by atoms with van der Waals surface area (Å²) in [6.07, 6.45) is 1.78. The van der Waals surface area contributed by atoms with E-state index in [0.717, 1.165) is 29.2 Å². The molecule has 2 atom stereocenters. The van der Waals surface area contributed by atoms with Gasteiger partial charge in [0.1, 0.15) is 0 Å². The number of rotatable bonds is 3. The average molecular weight is 304 g/mol. The van der Waals surface area contributed by atoms with E-state index in [0.29, 0.717) is 12.8 Å². The van der Waals surface area contributed by atoms with E-state index in [1.54, 1.807) is 0 Å². The zero-order chi connectivity index (χ0) is 14.9. The molecule has 1 heterocycles. The molecule has 3 nitrogen and oxygen atoms in total. The Morgan fingerprint density at radius 2 is 1.86 bits per heavy atom. The first-order valence-electron chi connectivity index (χ1n) is 7.43. The van der Waals surface area contributed by atoms with E-state index in [2.05, 4.69) is 0 Å². The minimum absolute atomic E-state index is 0.215. The van der Waals surface area contributed by atoms with Crippen molar-refractivity contribution in [2.24, 2.45) is 0 Å². The van der Waals surface area contributed by atoms with Crippen LogP contribution in [0.2, 0.25) is 0 Å². The van der Waals surface area contributed by atoms with Crippen LogP contribution in [0.1, 0.15) is 24.8 Å². The molecular formula is C17H20O3S. The molecule has 2 aromatic carbocycles. The number of hydrogen-bond donors (Lipinski definition) is 1. The van der Waals surface area contributed by atoms with Crippen LogP contribution in [0.3, 0.4) is 0 Å². The fraction of sp³-hybridized carbons (Fsp3) is 0.412. The first-order valence-corrected chi connectivity index (χ1v) is 9.15. The van der Waals surface area contributed by atoms with Crippen molar-refractivity contribution in [1.82, 2.24) is 0 Å². The third-order valence-corrected chi connectivity index (χ3v) is 6.65. The lowest BCUT2D eigenvalue weighted by atomic mass is 9.99. The van der Waals surface area contributed by atoms with Crippen molar-refractivity contribution in [2.75, 3.05) is 5.75 Å². The summed E-state index contributed by atoms with van der Waals surface area (Å²) >= 11 is 0. The highest BCUT2D eigenvalue weighted by atomic mass is 32.2. The molecule has 0 saturated carbocycles. The summed E-state index contributed by atoms with van der Waals surface area (Å²) in [5, 5.41) is 12.0. The molecule has 21 heavy (non-hydrogen) atoms. The van der Waals surface area contributed by atoms with Gasteiger partial charge in [-0.3, -0.25) is 0 Å². The van der Waals surface area contributed by atoms with Crippen LogP contribution in [0.15, 0.2) is 42.5 Å². The Labute approximate surface area is 125 Å². The molecule has 0 aromatic heterocycles. The van der Waals surface area contributed by atoms with Gasteiger partial charge in [-0.1, -0.05) is 48.9 Å². The second-order valence-corrected chi connectivity index (χ2v) is 8.19. The Hall–Kier alpha value is -1.39. The van der Waals surface area contributed by atoms with E-state index in [9.17, 15) is 13.5 Å². The first kappa shape index (κ1) is 14.5. The van der Waals surface area contributed by atoms with Gasteiger partial charge in [0.2, 0.25) is 0 Å². The van der Waals surface area contributed by atoms with Gasteiger partial charge < -0.3 is 5.11 Å². The average Bonchev–Trinajstić information content (AvgIpc) is 2.46. The standard InChI is InChI=1S/C17H20O3S/c18-16(17-7-3-4-10-21(17,19)20)12-13-8-9-14-5-1-2-6-15(14)11-13/h1-2,5-6,8-9,11,16-18H,3-4,7,10,12H2. The summed E-state index contributed by atoms with van der Waals surface area (Å²) < 4.78 is 24.1. The van der Waals surface area contributed by atoms with Crippen molar-refractivity contribution < 1.29 is 13.5 Å². The van der Waals surface area contributed by atoms with Crippen molar-refractivity contribution in [3.63, 3.8) is 0 Å². The molecule has 0 spiro atoms. The first-order chi connectivity index (χ1) is 10.1. The number of aliphatic hydroxyl groups is 1. The highest BCUT2D eigenvalue weighted by Crippen LogP contribution is 2.25. The molecule has 1 aliphatic heterocycles. The number of fused-ring (bicyclic) bond motifs is 1. The largest absolute Gasteiger partial charge is 0.391 e. The van der Waals surface area contributed by atoms with E-state index < -0.39 is 21.2 Å². The third-order valence-electron chi connectivity index (χ3n) is 4.32. The molecule has 2 unspecified atom stereocenters. The lowest BCUT2D eigenvalue weighted by Gasteiger charge is -2.26. The van der Waals surface area contributed by atoms with Gasteiger partial charge in [-0.05, 0) is 35.6 Å². The number of hydrogen-bond acceptors (Lipinski definition) is 3. The normalized spacial score (nSPS) is 23.0. The summed E-state index contributed by atoms with van der Waals surface area (Å²) in [5.41, 5.74) is 0.988. The summed E-state index contributed by atoms with van der Waals surface area (Å²) in [7, 11) is -3.14. The smallest absolute Gasteiger partial charge is 0.155 e. The minimum Gasteiger partial charge on any atom is -0.391 e. The Morgan fingerprint density at radius 1 is 1.10 bits per heavy atom. The summed E-state index contributed by atoms with van der Waals surface area (Å²) in [4.78, 5) is 0. The van der Waals surface area contributed by atoms with Gasteiger partial charge in [-0.2, -0.15) is 0 Å². The highest BCUT2D eigenvalue weighted by Gasteiger charge is 2.34. The van der Waals surface area contributed by atoms with Crippen molar-refractivity contribution >= 4 is 20.6 Å². The molecule has 0 radical (unpaired) electrons. The monoisotopic (exact) mass is 304 g/mol. The van der Waals surface area contributed by atoms with Gasteiger partial charge in [-0.25, -0.2) is 8.42 Å². The zero-order valence-electron chi connectivity index (χ0n) is 11.9. The second kappa shape index (κ2) is 5.78. The van der Waals surface area contributed by atoms with Gasteiger partial charge in [0.05, 0.1) is 17.1 Å². The maximum absolute atomic E-state index is 12.1. The van der Waals surface area contributed by atoms with Crippen molar-refractivity contribution in [1.29, 1.82) is 0 Å². The number of sulfone groups is 1. The predicted octanol–water partition coefficient (Wildman–Crippen LogP) is 2.71. The van der Waals surface area contributed by atoms with Crippen LogP contribution in [-0.4, -0.2) is 30.6 Å².